The Bertz CT molecular complexity index is 827. The number of hydrogen-bond donors (Lipinski definition) is 0. The molecule has 2 aromatic rings. The van der Waals surface area contributed by atoms with E-state index in [-0.39, 0.29) is 5.91 Å². The maximum Gasteiger partial charge on any atom is 0.274 e. The first-order valence-electron chi connectivity index (χ1n) is 9.77. The predicted octanol–water partition coefficient (Wildman–Crippen LogP) is 1.25. The topological polar surface area (TPSA) is 53.3 Å². The fourth-order valence-electron chi connectivity index (χ4n) is 4.13. The number of aryl methyl sites for hydroxylation is 1. The molecule has 0 bridgehead atoms. The van der Waals surface area contributed by atoms with Gasteiger partial charge in [0.25, 0.3) is 5.91 Å². The number of ether oxygens (including phenoxy) is 1. The fraction of sp³-hybridized carbons (Fsp3) is 0.600. The molecule has 2 aromatic heterocycles. The Labute approximate surface area is 160 Å². The van der Waals surface area contributed by atoms with Gasteiger partial charge in [0.15, 0.2) is 5.69 Å². The van der Waals surface area contributed by atoms with Gasteiger partial charge in [-0.15, -0.1) is 0 Å². The van der Waals surface area contributed by atoms with E-state index in [2.05, 4.69) is 28.3 Å². The number of carbonyl (C=O) groups is 1. The smallest absolute Gasteiger partial charge is 0.274 e. The van der Waals surface area contributed by atoms with E-state index in [9.17, 15) is 4.79 Å². The molecule has 0 radical (unpaired) electrons. The second-order valence-corrected chi connectivity index (χ2v) is 7.82. The third-order valence-electron chi connectivity index (χ3n) is 5.83. The Morgan fingerprint density at radius 3 is 2.81 bits per heavy atom. The van der Waals surface area contributed by atoms with Crippen molar-refractivity contribution in [1.29, 1.82) is 0 Å². The van der Waals surface area contributed by atoms with Gasteiger partial charge in [-0.2, -0.15) is 0 Å². The summed E-state index contributed by atoms with van der Waals surface area (Å²) in [6.45, 7) is 7.42. The average molecular weight is 371 g/mol. The quantitative estimate of drug-likeness (QED) is 0.810. The first kappa shape index (κ1) is 18.4. The number of fused-ring (bicyclic) bond motifs is 1. The van der Waals surface area contributed by atoms with Crippen LogP contribution in [-0.4, -0.2) is 89.5 Å². The maximum atomic E-state index is 13.2. The van der Waals surface area contributed by atoms with E-state index >= 15 is 0 Å². The molecule has 2 aliphatic rings. The molecule has 2 aliphatic heterocycles. The molecule has 27 heavy (non-hydrogen) atoms. The van der Waals surface area contributed by atoms with Gasteiger partial charge < -0.3 is 18.9 Å². The van der Waals surface area contributed by atoms with Gasteiger partial charge in [0.05, 0.1) is 18.9 Å². The van der Waals surface area contributed by atoms with Crippen LogP contribution in [0.5, 0.6) is 0 Å². The summed E-state index contributed by atoms with van der Waals surface area (Å²) in [7, 11) is 4.32. The van der Waals surface area contributed by atoms with Crippen LogP contribution in [0.2, 0.25) is 0 Å². The van der Waals surface area contributed by atoms with Gasteiger partial charge >= 0.3 is 0 Å². The summed E-state index contributed by atoms with van der Waals surface area (Å²) in [6.07, 6.45) is 3.19. The number of amides is 1. The number of aromatic nitrogens is 2. The summed E-state index contributed by atoms with van der Waals surface area (Å²) < 4.78 is 7.50. The molecule has 146 valence electrons. The number of rotatable bonds is 4. The zero-order valence-corrected chi connectivity index (χ0v) is 16.5. The molecule has 4 rings (SSSR count). The van der Waals surface area contributed by atoms with E-state index in [1.807, 2.05) is 30.2 Å². The monoisotopic (exact) mass is 371 g/mol. The number of likely N-dealkylation sites (N-methyl/N-ethyl adjacent to an activating group) is 2. The SMILES string of the molecule is Cc1cccn2c(CN(C)C3CCN(C)C3)c(C(=O)N3CCOCC3)nc12. The van der Waals surface area contributed by atoms with E-state index in [1.54, 1.807) is 0 Å². The van der Waals surface area contributed by atoms with Gasteiger partial charge in [-0.25, -0.2) is 4.98 Å². The minimum atomic E-state index is 0.0216. The molecule has 7 heteroatoms. The van der Waals surface area contributed by atoms with Gasteiger partial charge in [-0.1, -0.05) is 6.07 Å². The van der Waals surface area contributed by atoms with E-state index < -0.39 is 0 Å². The van der Waals surface area contributed by atoms with Crippen molar-refractivity contribution in [2.75, 3.05) is 53.5 Å². The van der Waals surface area contributed by atoms with Crippen molar-refractivity contribution in [3.8, 4) is 0 Å². The standard InChI is InChI=1S/C20H29N5O2/c1-15-5-4-7-25-17(14-23(3)16-6-8-22(2)13-16)18(21-19(15)25)20(26)24-9-11-27-12-10-24/h4-5,7,16H,6,8-14H2,1-3H3. The molecule has 2 saturated heterocycles. The summed E-state index contributed by atoms with van der Waals surface area (Å²) in [5.74, 6) is 0.0216. The van der Waals surface area contributed by atoms with Crippen molar-refractivity contribution in [3.63, 3.8) is 0 Å². The van der Waals surface area contributed by atoms with Crippen molar-refractivity contribution in [2.24, 2.45) is 0 Å². The lowest BCUT2D eigenvalue weighted by Gasteiger charge is -2.27. The van der Waals surface area contributed by atoms with Crippen LogP contribution < -0.4 is 0 Å². The minimum absolute atomic E-state index is 0.0216. The molecule has 0 aliphatic carbocycles. The van der Waals surface area contributed by atoms with Crippen LogP contribution in [0.3, 0.4) is 0 Å². The Kier molecular flexibility index (Phi) is 5.16. The normalized spacial score (nSPS) is 21.5. The Morgan fingerprint density at radius 2 is 2.11 bits per heavy atom. The minimum Gasteiger partial charge on any atom is -0.378 e. The van der Waals surface area contributed by atoms with Crippen LogP contribution in [0.1, 0.15) is 28.2 Å². The van der Waals surface area contributed by atoms with Crippen molar-refractivity contribution in [3.05, 3.63) is 35.3 Å². The summed E-state index contributed by atoms with van der Waals surface area (Å²) in [5, 5.41) is 0. The number of carbonyl (C=O) groups excluding carboxylic acids is 1. The first-order chi connectivity index (χ1) is 13.0. The Hall–Kier alpha value is -1.96. The zero-order valence-electron chi connectivity index (χ0n) is 16.5. The molecule has 2 fully saturated rings. The summed E-state index contributed by atoms with van der Waals surface area (Å²) in [4.78, 5) is 24.6. The lowest BCUT2D eigenvalue weighted by Crippen LogP contribution is -2.41. The van der Waals surface area contributed by atoms with E-state index in [0.29, 0.717) is 44.6 Å². The van der Waals surface area contributed by atoms with E-state index in [4.69, 9.17) is 9.72 Å². The number of morpholine rings is 1. The summed E-state index contributed by atoms with van der Waals surface area (Å²) in [5.41, 5.74) is 3.54. The van der Waals surface area contributed by atoms with Gasteiger partial charge in [0, 0.05) is 38.4 Å². The van der Waals surface area contributed by atoms with Crippen molar-refractivity contribution in [1.82, 2.24) is 24.1 Å². The molecular formula is C20H29N5O2. The van der Waals surface area contributed by atoms with Crippen LogP contribution in [-0.2, 0) is 11.3 Å². The maximum absolute atomic E-state index is 13.2. The molecule has 0 aromatic carbocycles. The third kappa shape index (κ3) is 3.59. The van der Waals surface area contributed by atoms with Crippen molar-refractivity contribution in [2.45, 2.75) is 25.9 Å². The number of hydrogen-bond acceptors (Lipinski definition) is 5. The average Bonchev–Trinajstić information content (AvgIpc) is 3.27. The number of likely N-dealkylation sites (tertiary alicyclic amines) is 1. The molecule has 0 N–H and O–H groups in total. The van der Waals surface area contributed by atoms with Crippen molar-refractivity contribution >= 4 is 11.6 Å². The highest BCUT2D eigenvalue weighted by Crippen LogP contribution is 2.22. The lowest BCUT2D eigenvalue weighted by molar-refractivity contribution is 0.0298. The molecule has 1 amide bonds. The number of nitrogens with zero attached hydrogens (tertiary/aromatic N) is 5. The number of imidazole rings is 1. The van der Waals surface area contributed by atoms with E-state index in [1.165, 1.54) is 0 Å². The van der Waals surface area contributed by atoms with Crippen LogP contribution in [0, 0.1) is 6.92 Å². The molecule has 0 saturated carbocycles. The molecular weight excluding hydrogens is 342 g/mol. The van der Waals surface area contributed by atoms with E-state index in [0.717, 1.165) is 36.4 Å². The second kappa shape index (κ2) is 7.58. The second-order valence-electron chi connectivity index (χ2n) is 7.82. The van der Waals surface area contributed by atoms with Gasteiger partial charge in [0.1, 0.15) is 5.65 Å². The summed E-state index contributed by atoms with van der Waals surface area (Å²) in [6, 6.07) is 4.58. The molecule has 4 heterocycles. The summed E-state index contributed by atoms with van der Waals surface area (Å²) >= 11 is 0. The lowest BCUT2D eigenvalue weighted by atomic mass is 10.2. The van der Waals surface area contributed by atoms with Crippen LogP contribution in [0.15, 0.2) is 18.3 Å². The van der Waals surface area contributed by atoms with Gasteiger partial charge in [-0.3, -0.25) is 9.69 Å². The highest BCUT2D eigenvalue weighted by molar-refractivity contribution is 5.94. The number of pyridine rings is 1. The van der Waals surface area contributed by atoms with Crippen LogP contribution >= 0.6 is 0 Å². The third-order valence-corrected chi connectivity index (χ3v) is 5.83. The zero-order chi connectivity index (χ0) is 19.0. The molecule has 1 atom stereocenters. The molecule has 1 unspecified atom stereocenters. The van der Waals surface area contributed by atoms with Crippen LogP contribution in [0.4, 0.5) is 0 Å². The van der Waals surface area contributed by atoms with Gasteiger partial charge in [0.2, 0.25) is 0 Å². The Balaban J connectivity index is 1.68. The predicted molar refractivity (Wildman–Crippen MR) is 104 cm³/mol. The van der Waals surface area contributed by atoms with Crippen LogP contribution in [0.25, 0.3) is 5.65 Å². The first-order valence-corrected chi connectivity index (χ1v) is 9.77. The largest absolute Gasteiger partial charge is 0.378 e. The van der Waals surface area contributed by atoms with Crippen molar-refractivity contribution < 1.29 is 9.53 Å². The highest BCUT2D eigenvalue weighted by atomic mass is 16.5. The fourth-order valence-corrected chi connectivity index (χ4v) is 4.13. The molecule has 0 spiro atoms. The highest BCUT2D eigenvalue weighted by Gasteiger charge is 2.29. The molecule has 7 nitrogen and oxygen atoms in total. The van der Waals surface area contributed by atoms with Gasteiger partial charge in [-0.05, 0) is 45.6 Å². The Morgan fingerprint density at radius 1 is 1.33 bits per heavy atom.